The fraction of sp³-hybridized carbons (Fsp3) is 0.913. The summed E-state index contributed by atoms with van der Waals surface area (Å²) in [5.74, 6) is -1.78. The predicted octanol–water partition coefficient (Wildman–Crippen LogP) is 1.05. The zero-order chi connectivity index (χ0) is 46.7. The van der Waals surface area contributed by atoms with Gasteiger partial charge in [0.2, 0.25) is 0 Å². The maximum absolute atomic E-state index is 13.2. The van der Waals surface area contributed by atoms with Crippen molar-refractivity contribution in [1.82, 2.24) is 0 Å². The average Bonchev–Trinajstić information content (AvgIpc) is 3.23. The second-order valence-corrected chi connectivity index (χ2v) is 22.3. The summed E-state index contributed by atoms with van der Waals surface area (Å²) < 4.78 is 36.7. The number of fused-ring (bicyclic) bond motifs is 7. The number of carbonyl (C=O) groups is 2. The molecule has 0 unspecified atom stereocenters. The lowest BCUT2D eigenvalue weighted by molar-refractivity contribution is -0.390. The molecule has 22 atom stereocenters. The molecule has 4 saturated carbocycles. The van der Waals surface area contributed by atoms with Crippen molar-refractivity contribution in [2.75, 3.05) is 19.8 Å². The van der Waals surface area contributed by atoms with Gasteiger partial charge in [-0.05, 0) is 111 Å². The van der Waals surface area contributed by atoms with Crippen LogP contribution >= 0.6 is 0 Å². The van der Waals surface area contributed by atoms with E-state index in [0.29, 0.717) is 38.5 Å². The molecule has 10 N–H and O–H groups in total. The van der Waals surface area contributed by atoms with E-state index in [1.165, 1.54) is 0 Å². The lowest BCUT2D eigenvalue weighted by atomic mass is 9.33. The Bertz CT molecular complexity index is 1800. The van der Waals surface area contributed by atoms with Gasteiger partial charge in [0.05, 0.1) is 36.8 Å². The number of aliphatic hydroxyl groups is 8. The molecule has 3 heterocycles. The number of rotatable bonds is 9. The lowest BCUT2D eigenvalue weighted by Gasteiger charge is -2.71. The van der Waals surface area contributed by atoms with Crippen LogP contribution in [-0.2, 0) is 38.0 Å². The molecule has 0 spiro atoms. The minimum atomic E-state index is -1.76. The van der Waals surface area contributed by atoms with Crippen molar-refractivity contribution in [2.24, 2.45) is 50.2 Å². The minimum absolute atomic E-state index is 0.107. The molecule has 8 rings (SSSR count). The Morgan fingerprint density at radius 3 is 1.84 bits per heavy atom. The van der Waals surface area contributed by atoms with Crippen LogP contribution < -0.4 is 0 Å². The summed E-state index contributed by atoms with van der Waals surface area (Å²) in [5, 5.41) is 106. The summed E-state index contributed by atoms with van der Waals surface area (Å²) in [6.07, 6.45) is -12.6. The summed E-state index contributed by atoms with van der Waals surface area (Å²) in [6, 6.07) is 0. The van der Waals surface area contributed by atoms with E-state index in [9.17, 15) is 60.7 Å². The van der Waals surface area contributed by atoms with Crippen molar-refractivity contribution in [3.05, 3.63) is 11.6 Å². The molecule has 0 amide bonds. The van der Waals surface area contributed by atoms with Gasteiger partial charge in [-0.25, -0.2) is 0 Å². The highest BCUT2D eigenvalue weighted by Gasteiger charge is 2.70. The van der Waals surface area contributed by atoms with Crippen LogP contribution in [0.2, 0.25) is 0 Å². The van der Waals surface area contributed by atoms with Crippen LogP contribution in [-0.4, -0.2) is 169 Å². The van der Waals surface area contributed by atoms with Gasteiger partial charge in [0.15, 0.2) is 18.9 Å². The third-order valence-corrected chi connectivity index (χ3v) is 18.9. The van der Waals surface area contributed by atoms with E-state index < -0.39 is 134 Å². The van der Waals surface area contributed by atoms with Crippen LogP contribution in [0.3, 0.4) is 0 Å². The third kappa shape index (κ3) is 7.35. The normalized spacial score (nSPS) is 53.7. The molecule has 0 aromatic heterocycles. The Hall–Kier alpha value is -1.88. The smallest absolute Gasteiger partial charge is 0.310 e. The first-order valence-corrected chi connectivity index (χ1v) is 23.3. The van der Waals surface area contributed by atoms with E-state index in [1.807, 2.05) is 0 Å². The van der Waals surface area contributed by atoms with Gasteiger partial charge in [0, 0.05) is 0 Å². The first-order valence-electron chi connectivity index (χ1n) is 23.3. The van der Waals surface area contributed by atoms with Crippen LogP contribution in [0.1, 0.15) is 106 Å². The second kappa shape index (κ2) is 17.0. The van der Waals surface area contributed by atoms with E-state index in [-0.39, 0.29) is 34.0 Å². The molecule has 0 radical (unpaired) electrons. The molecule has 18 heteroatoms. The molecule has 5 aliphatic carbocycles. The molecule has 3 aliphatic heterocycles. The molecule has 18 nitrogen and oxygen atoms in total. The topological polar surface area (TPSA) is 292 Å². The molecular weight excluding hydrogens is 840 g/mol. The Morgan fingerprint density at radius 1 is 0.672 bits per heavy atom. The highest BCUT2D eigenvalue weighted by atomic mass is 16.8. The Morgan fingerprint density at radius 2 is 1.27 bits per heavy atom. The average molecular weight is 913 g/mol. The van der Waals surface area contributed by atoms with E-state index in [0.717, 1.165) is 31.3 Å². The van der Waals surface area contributed by atoms with Crippen LogP contribution in [0.15, 0.2) is 11.6 Å². The van der Waals surface area contributed by atoms with Gasteiger partial charge < -0.3 is 79.5 Å². The third-order valence-electron chi connectivity index (χ3n) is 18.9. The number of ether oxygens (including phenoxy) is 6. The Balaban J connectivity index is 1.08. The highest BCUT2D eigenvalue weighted by Crippen LogP contribution is 2.76. The number of allylic oxidation sites excluding steroid dienone is 2. The Kier molecular flexibility index (Phi) is 12.9. The number of aliphatic carboxylic acids is 2. The SMILES string of the molecule is CC1(C)[C@@H](O[C@@H]2O[C@H](CO)[C@@H](O)[C@H](O[C@@H]3OC[C@H](O)[C@H](O)[C@H]3O)[C@H]2O[C@@H]2OC[C@@H](O)[C@H](O)[C@H]2O)CC[C@]2(C)[C@H]3CC=C4[C@@H]5C[C@](C)(C(=O)O)CC[C@]5(C(=O)O)CC[C@@]4(C)[C@]3(C)CC[C@@H]12. The van der Waals surface area contributed by atoms with Gasteiger partial charge in [-0.3, -0.25) is 9.59 Å². The van der Waals surface area contributed by atoms with Gasteiger partial charge in [-0.15, -0.1) is 0 Å². The summed E-state index contributed by atoms with van der Waals surface area (Å²) in [6.45, 7) is 11.6. The van der Waals surface area contributed by atoms with Crippen molar-refractivity contribution in [2.45, 2.75) is 192 Å². The van der Waals surface area contributed by atoms with Crippen LogP contribution in [0.4, 0.5) is 0 Å². The van der Waals surface area contributed by atoms with Gasteiger partial charge in [-0.2, -0.15) is 0 Å². The van der Waals surface area contributed by atoms with Crippen LogP contribution in [0.25, 0.3) is 0 Å². The maximum atomic E-state index is 13.2. The van der Waals surface area contributed by atoms with Gasteiger partial charge in [0.25, 0.3) is 0 Å². The number of hydrogen-bond donors (Lipinski definition) is 10. The van der Waals surface area contributed by atoms with Crippen molar-refractivity contribution >= 4 is 11.9 Å². The molecule has 0 aromatic carbocycles. The fourth-order valence-electron chi connectivity index (χ4n) is 14.6. The quantitative estimate of drug-likeness (QED) is 0.114. The molecule has 364 valence electrons. The van der Waals surface area contributed by atoms with Crippen molar-refractivity contribution in [1.29, 1.82) is 0 Å². The van der Waals surface area contributed by atoms with E-state index in [1.54, 1.807) is 6.92 Å². The number of carboxylic acid groups (broad SMARTS) is 2. The zero-order valence-electron chi connectivity index (χ0n) is 37.8. The van der Waals surface area contributed by atoms with E-state index in [2.05, 4.69) is 40.7 Å². The molecule has 8 aliphatic rings. The summed E-state index contributed by atoms with van der Waals surface area (Å²) in [7, 11) is 0. The lowest BCUT2D eigenvalue weighted by Crippen LogP contribution is -2.67. The summed E-state index contributed by atoms with van der Waals surface area (Å²) in [5.41, 5.74) is -2.19. The van der Waals surface area contributed by atoms with Gasteiger partial charge in [-0.1, -0.05) is 46.3 Å². The first kappa shape index (κ1) is 48.6. The molecule has 0 aromatic rings. The number of carboxylic acids is 2. The van der Waals surface area contributed by atoms with Crippen molar-refractivity contribution < 1.29 is 89.1 Å². The number of hydrogen-bond acceptors (Lipinski definition) is 16. The molecule has 64 heavy (non-hydrogen) atoms. The van der Waals surface area contributed by atoms with Gasteiger partial charge >= 0.3 is 11.9 Å². The minimum Gasteiger partial charge on any atom is -0.481 e. The second-order valence-electron chi connectivity index (χ2n) is 22.3. The van der Waals surface area contributed by atoms with Gasteiger partial charge in [0.1, 0.15) is 61.0 Å². The first-order chi connectivity index (χ1) is 29.9. The molecular formula is C46H72O18. The fourth-order valence-corrected chi connectivity index (χ4v) is 14.6. The predicted molar refractivity (Wildman–Crippen MR) is 221 cm³/mol. The molecule has 3 saturated heterocycles. The monoisotopic (exact) mass is 912 g/mol. The number of aliphatic hydroxyl groups excluding tert-OH is 8. The van der Waals surface area contributed by atoms with Crippen LogP contribution in [0.5, 0.6) is 0 Å². The van der Waals surface area contributed by atoms with E-state index >= 15 is 0 Å². The van der Waals surface area contributed by atoms with Crippen LogP contribution in [0, 0.1) is 50.2 Å². The molecule has 7 fully saturated rings. The summed E-state index contributed by atoms with van der Waals surface area (Å²) >= 11 is 0. The standard InChI is InChI=1S/C46H72O18/c1-41(2)26-9-12-45(6)27(8-7-21-22-17-42(3,39(55)56)13-15-46(22,40(57)58)16-14-44(21,45)5)43(26,4)11-10-28(41)62-38-35(64-37-33(54)30(51)24(49)20-60-37)34(31(52)25(18-47)61-38)63-36-32(53)29(50)23(48)19-59-36/h7,22-38,47-54H,8-20H2,1-6H3,(H,55,56)(H,57,58)/t22-,23-,24+,25+,26-,27+,28-,29-,30-,31+,32+,33+,34-,35+,36-,37-,38-,42+,43-,44+,45+,46-/m0/s1. The maximum Gasteiger partial charge on any atom is 0.310 e. The summed E-state index contributed by atoms with van der Waals surface area (Å²) in [4.78, 5) is 25.8. The van der Waals surface area contributed by atoms with Crippen molar-refractivity contribution in [3.63, 3.8) is 0 Å². The van der Waals surface area contributed by atoms with E-state index in [4.69, 9.17) is 28.4 Å². The molecule has 0 bridgehead atoms. The zero-order valence-corrected chi connectivity index (χ0v) is 37.8. The largest absolute Gasteiger partial charge is 0.481 e. The Labute approximate surface area is 373 Å². The highest BCUT2D eigenvalue weighted by molar-refractivity contribution is 5.79. The van der Waals surface area contributed by atoms with Crippen molar-refractivity contribution in [3.8, 4) is 0 Å².